The van der Waals surface area contributed by atoms with Crippen LogP contribution >= 0.6 is 0 Å². The van der Waals surface area contributed by atoms with Crippen LogP contribution in [0.2, 0.25) is 0 Å². The van der Waals surface area contributed by atoms with Gasteiger partial charge in [0, 0.05) is 5.92 Å². The lowest BCUT2D eigenvalue weighted by molar-refractivity contribution is -0.157. The average molecular weight is 375 g/mol. The van der Waals surface area contributed by atoms with Crippen molar-refractivity contribution in [2.75, 3.05) is 7.11 Å². The third-order valence-electron chi connectivity index (χ3n) is 3.55. The second-order valence-electron chi connectivity index (χ2n) is 6.56. The van der Waals surface area contributed by atoms with E-state index in [9.17, 15) is 31.2 Å². The maximum absolute atomic E-state index is 12.6. The molecule has 0 saturated heterocycles. The first-order chi connectivity index (χ1) is 10.6. The van der Waals surface area contributed by atoms with Gasteiger partial charge in [0.25, 0.3) is 0 Å². The molecule has 0 spiro atoms. The number of esters is 2. The molecule has 0 radical (unpaired) electrons. The minimum absolute atomic E-state index is 0.536. The number of hydrogen-bond acceptors (Lipinski definition) is 6. The van der Waals surface area contributed by atoms with E-state index in [1.54, 1.807) is 0 Å². The summed E-state index contributed by atoms with van der Waals surface area (Å²) in [7, 11) is -4.69. The molecule has 0 aromatic carbocycles. The summed E-state index contributed by atoms with van der Waals surface area (Å²) in [6.07, 6.45) is 0. The first kappa shape index (κ1) is 20.7. The molecule has 0 heterocycles. The molecule has 1 fully saturated rings. The van der Waals surface area contributed by atoms with Gasteiger partial charge in [-0.25, -0.2) is 8.42 Å². The van der Waals surface area contributed by atoms with E-state index in [4.69, 9.17) is 4.74 Å². The Morgan fingerprint density at radius 2 is 1.67 bits per heavy atom. The van der Waals surface area contributed by atoms with Crippen LogP contribution in [0.4, 0.5) is 13.2 Å². The van der Waals surface area contributed by atoms with Gasteiger partial charge in [-0.2, -0.15) is 17.9 Å². The molecule has 0 aromatic heterocycles. The van der Waals surface area contributed by atoms with Gasteiger partial charge in [0.2, 0.25) is 0 Å². The molecule has 1 rings (SSSR count). The van der Waals surface area contributed by atoms with Gasteiger partial charge in [-0.15, -0.1) is 0 Å². The van der Waals surface area contributed by atoms with Crippen molar-refractivity contribution in [2.24, 2.45) is 17.8 Å². The number of ether oxygens (including phenoxy) is 2. The molecule has 1 saturated carbocycles. The fraction of sp³-hybridized carbons (Fsp3) is 0.846. The van der Waals surface area contributed by atoms with Gasteiger partial charge >= 0.3 is 27.5 Å². The van der Waals surface area contributed by atoms with E-state index in [1.807, 2.05) is 0 Å². The van der Waals surface area contributed by atoms with Crippen LogP contribution in [-0.2, 0) is 29.1 Å². The number of rotatable bonds is 5. The third-order valence-corrected chi connectivity index (χ3v) is 4.73. The first-order valence-electron chi connectivity index (χ1n) is 7.01. The van der Waals surface area contributed by atoms with Gasteiger partial charge in [-0.05, 0) is 26.7 Å². The molecule has 0 amide bonds. The summed E-state index contributed by atoms with van der Waals surface area (Å²) >= 11 is 0. The minimum atomic E-state index is -5.78. The molecule has 140 valence electrons. The number of halogens is 3. The van der Waals surface area contributed by atoms with Crippen LogP contribution in [0, 0.1) is 17.8 Å². The number of methoxy groups -OCH3 is 1. The van der Waals surface area contributed by atoms with E-state index in [1.165, 1.54) is 32.4 Å². The van der Waals surface area contributed by atoms with E-state index in [2.05, 4.69) is 4.74 Å². The number of carbonyl (C=O) groups is 2. The summed E-state index contributed by atoms with van der Waals surface area (Å²) in [5.41, 5.74) is -6.63. The quantitative estimate of drug-likeness (QED) is 0.725. The molecule has 0 unspecified atom stereocenters. The lowest BCUT2D eigenvalue weighted by atomic mass is 10.1. The number of nitrogens with one attached hydrogen (secondary N) is 1. The summed E-state index contributed by atoms with van der Waals surface area (Å²) in [4.78, 5) is 23.8. The maximum Gasteiger partial charge on any atom is 0.511 e. The number of carbonyl (C=O) groups excluding carboxylic acids is 2. The highest BCUT2D eigenvalue weighted by Gasteiger charge is 2.61. The van der Waals surface area contributed by atoms with Gasteiger partial charge < -0.3 is 9.47 Å². The van der Waals surface area contributed by atoms with Crippen LogP contribution in [0.3, 0.4) is 0 Å². The Morgan fingerprint density at radius 3 is 2.04 bits per heavy atom. The van der Waals surface area contributed by atoms with Gasteiger partial charge in [0.05, 0.1) is 13.0 Å². The molecular weight excluding hydrogens is 355 g/mol. The molecule has 7 nitrogen and oxygen atoms in total. The maximum atomic E-state index is 12.6. The topological polar surface area (TPSA) is 98.8 Å². The zero-order valence-corrected chi connectivity index (χ0v) is 14.6. The van der Waals surface area contributed by atoms with Crippen molar-refractivity contribution in [2.45, 2.75) is 44.8 Å². The van der Waals surface area contributed by atoms with Crippen LogP contribution in [0.25, 0.3) is 0 Å². The van der Waals surface area contributed by atoms with E-state index >= 15 is 0 Å². The molecule has 4 atom stereocenters. The Kier molecular flexibility index (Phi) is 5.61. The van der Waals surface area contributed by atoms with E-state index in [-0.39, 0.29) is 0 Å². The largest absolute Gasteiger partial charge is 0.511 e. The minimum Gasteiger partial charge on any atom is -0.469 e. The van der Waals surface area contributed by atoms with Gasteiger partial charge in [-0.3, -0.25) is 9.59 Å². The van der Waals surface area contributed by atoms with Gasteiger partial charge in [0.1, 0.15) is 11.6 Å². The summed E-state index contributed by atoms with van der Waals surface area (Å²) in [5, 5.41) is 0. The Bertz CT molecular complexity index is 610. The Hall–Kier alpha value is -1.36. The zero-order valence-electron chi connectivity index (χ0n) is 13.8. The van der Waals surface area contributed by atoms with Crippen molar-refractivity contribution in [1.29, 1.82) is 0 Å². The number of sulfonamides is 1. The van der Waals surface area contributed by atoms with Crippen molar-refractivity contribution in [1.82, 2.24) is 4.72 Å². The predicted octanol–water partition coefficient (Wildman–Crippen LogP) is 1.19. The highest BCUT2D eigenvalue weighted by atomic mass is 32.2. The third kappa shape index (κ3) is 4.59. The molecule has 1 aliphatic rings. The Labute approximate surface area is 137 Å². The SMILES string of the molecule is COC(=O)[C@@H]1[C@H](C)[C@H]1[C@@H](NS(=O)(=O)C(F)(F)F)C(=O)OC(C)(C)C. The van der Waals surface area contributed by atoms with Crippen LogP contribution in [-0.4, -0.2) is 44.6 Å². The summed E-state index contributed by atoms with van der Waals surface area (Å²) < 4.78 is 71.3. The molecule has 1 aliphatic carbocycles. The molecule has 24 heavy (non-hydrogen) atoms. The van der Waals surface area contributed by atoms with Gasteiger partial charge in [-0.1, -0.05) is 6.92 Å². The molecule has 0 aromatic rings. The van der Waals surface area contributed by atoms with E-state index < -0.39 is 56.9 Å². The summed E-state index contributed by atoms with van der Waals surface area (Å²) in [5.74, 6) is -4.32. The van der Waals surface area contributed by atoms with Crippen molar-refractivity contribution >= 4 is 22.0 Å². The highest BCUT2D eigenvalue weighted by molar-refractivity contribution is 7.90. The second-order valence-corrected chi connectivity index (χ2v) is 8.27. The molecule has 0 aliphatic heterocycles. The Balaban J connectivity index is 3.11. The monoisotopic (exact) mass is 375 g/mol. The smallest absolute Gasteiger partial charge is 0.469 e. The first-order valence-corrected chi connectivity index (χ1v) is 8.50. The zero-order chi connectivity index (χ0) is 19.1. The average Bonchev–Trinajstić information content (AvgIpc) is 3.02. The van der Waals surface area contributed by atoms with Crippen molar-refractivity contribution in [3.05, 3.63) is 0 Å². The van der Waals surface area contributed by atoms with Crippen molar-refractivity contribution < 1.29 is 40.7 Å². The van der Waals surface area contributed by atoms with E-state index in [0.29, 0.717) is 0 Å². The van der Waals surface area contributed by atoms with Crippen LogP contribution in [0.1, 0.15) is 27.7 Å². The molecular formula is C13H20F3NO6S. The van der Waals surface area contributed by atoms with Gasteiger partial charge in [0.15, 0.2) is 0 Å². The highest BCUT2D eigenvalue weighted by Crippen LogP contribution is 2.49. The van der Waals surface area contributed by atoms with Crippen LogP contribution in [0.15, 0.2) is 0 Å². The lowest BCUT2D eigenvalue weighted by Gasteiger charge is -2.25. The lowest BCUT2D eigenvalue weighted by Crippen LogP contribution is -2.50. The fourth-order valence-corrected chi connectivity index (χ4v) is 3.12. The summed E-state index contributed by atoms with van der Waals surface area (Å²) in [6, 6.07) is -1.84. The molecule has 11 heteroatoms. The fourth-order valence-electron chi connectivity index (χ4n) is 2.40. The summed E-state index contributed by atoms with van der Waals surface area (Å²) in [6.45, 7) is 5.95. The number of alkyl halides is 3. The standard InChI is InChI=1S/C13H20F3NO6S/c1-6-7(8(6)10(18)22-5)9(11(19)23-12(2,3)4)17-24(20,21)13(14,15)16/h6-9,17H,1-5H3/t6-,7-,8-,9-/m1/s1. The van der Waals surface area contributed by atoms with Crippen LogP contribution < -0.4 is 4.72 Å². The number of hydrogen-bond donors (Lipinski definition) is 1. The Morgan fingerprint density at radius 1 is 1.17 bits per heavy atom. The normalized spacial score (nSPS) is 25.8. The van der Waals surface area contributed by atoms with E-state index in [0.717, 1.165) is 7.11 Å². The second kappa shape index (κ2) is 6.51. The van der Waals surface area contributed by atoms with Crippen LogP contribution in [0.5, 0.6) is 0 Å². The molecule has 0 bridgehead atoms. The predicted molar refractivity (Wildman–Crippen MR) is 75.9 cm³/mol. The molecule has 1 N–H and O–H groups in total. The van der Waals surface area contributed by atoms with Crippen molar-refractivity contribution in [3.63, 3.8) is 0 Å². The van der Waals surface area contributed by atoms with Crippen molar-refractivity contribution in [3.8, 4) is 0 Å².